The van der Waals surface area contributed by atoms with Gasteiger partial charge in [0.25, 0.3) is 0 Å². The van der Waals surface area contributed by atoms with Crippen molar-refractivity contribution in [3.05, 3.63) is 53.1 Å². The molecule has 0 aliphatic carbocycles. The van der Waals surface area contributed by atoms with Gasteiger partial charge in [-0.05, 0) is 60.4 Å². The topological polar surface area (TPSA) is 86.6 Å². The monoisotopic (exact) mass is 371 g/mol. The smallest absolute Gasteiger partial charge is 0.229 e. The summed E-state index contributed by atoms with van der Waals surface area (Å²) in [5, 5.41) is 22.3. The first-order chi connectivity index (χ1) is 12.1. The van der Waals surface area contributed by atoms with E-state index in [1.165, 1.54) is 6.07 Å². The van der Waals surface area contributed by atoms with Crippen molar-refractivity contribution in [2.75, 3.05) is 11.0 Å². The summed E-state index contributed by atoms with van der Waals surface area (Å²) in [4.78, 5) is 0. The van der Waals surface area contributed by atoms with Crippen molar-refractivity contribution in [2.24, 2.45) is 0 Å². The highest BCUT2D eigenvalue weighted by Crippen LogP contribution is 2.47. The van der Waals surface area contributed by atoms with Crippen LogP contribution in [0.1, 0.15) is 16.7 Å². The number of phenolic OH excluding ortho intramolecular Hbond substituents is 2. The molecule has 136 valence electrons. The lowest BCUT2D eigenvalue weighted by Crippen LogP contribution is -2.12. The van der Waals surface area contributed by atoms with E-state index in [0.717, 1.165) is 33.7 Å². The summed E-state index contributed by atoms with van der Waals surface area (Å²) in [5.41, 5.74) is 4.10. The fourth-order valence-corrected chi connectivity index (χ4v) is 3.82. The van der Waals surface area contributed by atoms with Gasteiger partial charge >= 0.3 is 0 Å². The van der Waals surface area contributed by atoms with Crippen LogP contribution in [0, 0.1) is 20.8 Å². The molecule has 26 heavy (non-hydrogen) atoms. The van der Waals surface area contributed by atoms with E-state index in [0.29, 0.717) is 16.8 Å². The molecule has 0 spiro atoms. The van der Waals surface area contributed by atoms with Crippen LogP contribution in [0.15, 0.2) is 36.4 Å². The van der Waals surface area contributed by atoms with Gasteiger partial charge in [-0.3, -0.25) is 4.72 Å². The van der Waals surface area contributed by atoms with Gasteiger partial charge in [-0.2, -0.15) is 0 Å². The van der Waals surface area contributed by atoms with Gasteiger partial charge in [-0.25, -0.2) is 8.42 Å². The molecule has 3 aromatic rings. The highest BCUT2D eigenvalue weighted by molar-refractivity contribution is 7.92. The van der Waals surface area contributed by atoms with Gasteiger partial charge in [0.1, 0.15) is 0 Å². The number of anilines is 1. The van der Waals surface area contributed by atoms with Crippen molar-refractivity contribution >= 4 is 26.5 Å². The van der Waals surface area contributed by atoms with Crippen LogP contribution in [-0.4, -0.2) is 24.9 Å². The molecule has 3 aromatic carbocycles. The Hall–Kier alpha value is -2.73. The van der Waals surface area contributed by atoms with Gasteiger partial charge in [0.05, 0.1) is 11.9 Å². The highest BCUT2D eigenvalue weighted by Gasteiger charge is 2.22. The Morgan fingerprint density at radius 3 is 2.23 bits per heavy atom. The second-order valence-electron chi connectivity index (χ2n) is 6.58. The van der Waals surface area contributed by atoms with Gasteiger partial charge in [-0.15, -0.1) is 0 Å². The van der Waals surface area contributed by atoms with Gasteiger partial charge in [0, 0.05) is 11.1 Å². The number of rotatable bonds is 3. The maximum Gasteiger partial charge on any atom is 0.229 e. The first kappa shape index (κ1) is 18.1. The van der Waals surface area contributed by atoms with Gasteiger partial charge < -0.3 is 10.2 Å². The Morgan fingerprint density at radius 1 is 0.923 bits per heavy atom. The summed E-state index contributed by atoms with van der Waals surface area (Å²) < 4.78 is 26.3. The third-order valence-electron chi connectivity index (χ3n) is 4.71. The first-order valence-electron chi connectivity index (χ1n) is 8.12. The molecule has 6 heteroatoms. The van der Waals surface area contributed by atoms with Crippen LogP contribution in [0.2, 0.25) is 0 Å². The van der Waals surface area contributed by atoms with E-state index in [9.17, 15) is 18.6 Å². The SMILES string of the molecule is Cc1cc(NS(C)(=O)=O)c(-c2c(O)c(O)cc3ccccc23)c(C)c1C. The van der Waals surface area contributed by atoms with Crippen LogP contribution in [0.5, 0.6) is 11.5 Å². The molecular formula is C20H21NO4S. The van der Waals surface area contributed by atoms with Crippen molar-refractivity contribution in [3.8, 4) is 22.6 Å². The number of fused-ring (bicyclic) bond motifs is 1. The molecule has 0 saturated heterocycles. The molecule has 0 fully saturated rings. The molecule has 0 bridgehead atoms. The minimum Gasteiger partial charge on any atom is -0.504 e. The molecule has 0 heterocycles. The van der Waals surface area contributed by atoms with E-state index >= 15 is 0 Å². The average Bonchev–Trinajstić information content (AvgIpc) is 2.54. The second-order valence-corrected chi connectivity index (χ2v) is 8.33. The van der Waals surface area contributed by atoms with Crippen LogP contribution >= 0.6 is 0 Å². The van der Waals surface area contributed by atoms with Crippen LogP contribution in [0.3, 0.4) is 0 Å². The summed E-state index contributed by atoms with van der Waals surface area (Å²) in [5.74, 6) is -0.520. The average molecular weight is 371 g/mol. The Morgan fingerprint density at radius 2 is 1.58 bits per heavy atom. The Balaban J connectivity index is 2.50. The first-order valence-corrected chi connectivity index (χ1v) is 10.0. The molecule has 0 aliphatic rings. The predicted molar refractivity (Wildman–Crippen MR) is 105 cm³/mol. The number of phenols is 2. The molecular weight excluding hydrogens is 350 g/mol. The molecule has 0 saturated carbocycles. The van der Waals surface area contributed by atoms with E-state index in [1.54, 1.807) is 6.07 Å². The maximum absolute atomic E-state index is 11.9. The fraction of sp³-hybridized carbons (Fsp3) is 0.200. The number of aromatic hydroxyl groups is 2. The summed E-state index contributed by atoms with van der Waals surface area (Å²) >= 11 is 0. The van der Waals surface area contributed by atoms with Crippen molar-refractivity contribution in [3.63, 3.8) is 0 Å². The van der Waals surface area contributed by atoms with Gasteiger partial charge in [0.2, 0.25) is 10.0 Å². The standard InChI is InChI=1S/C20H21NO4S/c1-11-9-16(21-26(4,24)25)18(13(3)12(11)2)19-15-8-6-5-7-14(15)10-17(22)20(19)23/h5-10,21-23H,1-4H3. The summed E-state index contributed by atoms with van der Waals surface area (Å²) in [6, 6.07) is 10.6. The lowest BCUT2D eigenvalue weighted by atomic mass is 9.89. The molecule has 0 aromatic heterocycles. The predicted octanol–water partition coefficient (Wildman–Crippen LogP) is 4.21. The number of sulfonamides is 1. The zero-order valence-corrected chi connectivity index (χ0v) is 15.9. The van der Waals surface area contributed by atoms with Crippen LogP contribution in [0.25, 0.3) is 21.9 Å². The number of hydrogen-bond acceptors (Lipinski definition) is 4. The summed E-state index contributed by atoms with van der Waals surface area (Å²) in [6.07, 6.45) is 1.09. The molecule has 0 atom stereocenters. The number of hydrogen-bond donors (Lipinski definition) is 3. The molecule has 5 nitrogen and oxygen atoms in total. The lowest BCUT2D eigenvalue weighted by molar-refractivity contribution is 0.406. The number of aryl methyl sites for hydroxylation is 1. The third-order valence-corrected chi connectivity index (χ3v) is 5.30. The minimum atomic E-state index is -3.52. The van der Waals surface area contributed by atoms with Crippen LogP contribution in [-0.2, 0) is 10.0 Å². The minimum absolute atomic E-state index is 0.248. The van der Waals surface area contributed by atoms with E-state index in [2.05, 4.69) is 4.72 Å². The normalized spacial score (nSPS) is 11.7. The summed E-state index contributed by atoms with van der Waals surface area (Å²) in [7, 11) is -3.52. The Labute approximate surface area is 153 Å². The van der Waals surface area contributed by atoms with Crippen molar-refractivity contribution in [1.29, 1.82) is 0 Å². The molecule has 3 rings (SSSR count). The van der Waals surface area contributed by atoms with E-state index in [4.69, 9.17) is 0 Å². The van der Waals surface area contributed by atoms with Crippen molar-refractivity contribution in [1.82, 2.24) is 0 Å². The molecule has 0 unspecified atom stereocenters. The number of benzene rings is 3. The van der Waals surface area contributed by atoms with E-state index < -0.39 is 10.0 Å². The maximum atomic E-state index is 11.9. The summed E-state index contributed by atoms with van der Waals surface area (Å²) in [6.45, 7) is 5.73. The van der Waals surface area contributed by atoms with Crippen molar-refractivity contribution < 1.29 is 18.6 Å². The van der Waals surface area contributed by atoms with Gasteiger partial charge in [0.15, 0.2) is 11.5 Å². The van der Waals surface area contributed by atoms with Gasteiger partial charge in [-0.1, -0.05) is 24.3 Å². The molecule has 0 radical (unpaired) electrons. The van der Waals surface area contributed by atoms with Crippen LogP contribution < -0.4 is 4.72 Å². The van der Waals surface area contributed by atoms with E-state index in [1.807, 2.05) is 45.0 Å². The Bertz CT molecular complexity index is 1130. The zero-order valence-electron chi connectivity index (χ0n) is 15.1. The quantitative estimate of drug-likeness (QED) is 0.602. The molecule has 0 amide bonds. The largest absolute Gasteiger partial charge is 0.504 e. The van der Waals surface area contributed by atoms with E-state index in [-0.39, 0.29) is 11.5 Å². The Kier molecular flexibility index (Phi) is 4.32. The van der Waals surface area contributed by atoms with Crippen LogP contribution in [0.4, 0.5) is 5.69 Å². The fourth-order valence-electron chi connectivity index (χ4n) is 3.26. The third kappa shape index (κ3) is 3.08. The zero-order chi connectivity index (χ0) is 19.2. The lowest BCUT2D eigenvalue weighted by Gasteiger charge is -2.20. The second kappa shape index (κ2) is 6.21. The number of nitrogens with one attached hydrogen (secondary N) is 1. The van der Waals surface area contributed by atoms with Crippen molar-refractivity contribution in [2.45, 2.75) is 20.8 Å². The molecule has 0 aliphatic heterocycles. The highest BCUT2D eigenvalue weighted by atomic mass is 32.2. The molecule has 3 N–H and O–H groups in total.